The highest BCUT2D eigenvalue weighted by Gasteiger charge is 1.90. The van der Waals surface area contributed by atoms with Crippen molar-refractivity contribution >= 4 is 12.0 Å². The summed E-state index contributed by atoms with van der Waals surface area (Å²) in [5, 5.41) is 0. The SMILES string of the molecule is C=C(/C=C/c1ccccc1)C/C=C/C=C/C(=O)OCC. The lowest BCUT2D eigenvalue weighted by atomic mass is 10.1. The Kier molecular flexibility index (Phi) is 7.51. The molecule has 0 aliphatic carbocycles. The van der Waals surface area contributed by atoms with E-state index in [1.807, 2.05) is 54.6 Å². The van der Waals surface area contributed by atoms with Gasteiger partial charge in [-0.2, -0.15) is 0 Å². The van der Waals surface area contributed by atoms with Crippen LogP contribution in [-0.4, -0.2) is 12.6 Å². The lowest BCUT2D eigenvalue weighted by Gasteiger charge is -1.94. The molecule has 0 aliphatic rings. The predicted molar refractivity (Wildman–Crippen MR) is 84.1 cm³/mol. The third-order valence-corrected chi connectivity index (χ3v) is 2.46. The second-order valence-electron chi connectivity index (χ2n) is 4.15. The van der Waals surface area contributed by atoms with Crippen LogP contribution in [-0.2, 0) is 9.53 Å². The van der Waals surface area contributed by atoms with E-state index < -0.39 is 0 Å². The van der Waals surface area contributed by atoms with E-state index in [9.17, 15) is 4.79 Å². The Morgan fingerprint density at radius 1 is 1.20 bits per heavy atom. The van der Waals surface area contributed by atoms with Gasteiger partial charge >= 0.3 is 5.97 Å². The van der Waals surface area contributed by atoms with E-state index >= 15 is 0 Å². The number of hydrogen-bond acceptors (Lipinski definition) is 2. The summed E-state index contributed by atoms with van der Waals surface area (Å²) >= 11 is 0. The Morgan fingerprint density at radius 3 is 2.65 bits per heavy atom. The van der Waals surface area contributed by atoms with E-state index in [1.54, 1.807) is 13.0 Å². The van der Waals surface area contributed by atoms with Gasteiger partial charge in [0.2, 0.25) is 0 Å². The van der Waals surface area contributed by atoms with Crippen molar-refractivity contribution < 1.29 is 9.53 Å². The molecule has 0 spiro atoms. The first-order valence-corrected chi connectivity index (χ1v) is 6.63. The molecular formula is C18H20O2. The van der Waals surface area contributed by atoms with Gasteiger partial charge in [-0.25, -0.2) is 4.79 Å². The second kappa shape index (κ2) is 9.56. The molecule has 2 heteroatoms. The number of carbonyl (C=O) groups excluding carboxylic acids is 1. The fourth-order valence-corrected chi connectivity index (χ4v) is 1.47. The minimum absolute atomic E-state index is 0.319. The van der Waals surface area contributed by atoms with E-state index in [1.165, 1.54) is 6.08 Å². The first-order valence-electron chi connectivity index (χ1n) is 6.63. The summed E-state index contributed by atoms with van der Waals surface area (Å²) in [6.45, 7) is 6.16. The molecule has 1 rings (SSSR count). The summed E-state index contributed by atoms with van der Waals surface area (Å²) < 4.78 is 4.77. The van der Waals surface area contributed by atoms with Gasteiger partial charge in [-0.3, -0.25) is 0 Å². The number of carbonyl (C=O) groups is 1. The van der Waals surface area contributed by atoms with Crippen LogP contribution in [0.5, 0.6) is 0 Å². The minimum atomic E-state index is -0.319. The Hall–Kier alpha value is -2.35. The molecule has 0 N–H and O–H groups in total. The Balaban J connectivity index is 2.33. The Labute approximate surface area is 120 Å². The standard InChI is InChI=1S/C18H20O2/c1-3-20-18(19)13-9-4-6-10-16(2)14-15-17-11-7-5-8-12-17/h4-9,11-15H,2-3,10H2,1H3/b6-4+,13-9+,15-14+. The quantitative estimate of drug-likeness (QED) is 0.418. The molecule has 0 aromatic heterocycles. The van der Waals surface area contributed by atoms with Crippen LogP contribution in [0.15, 0.2) is 72.9 Å². The summed E-state index contributed by atoms with van der Waals surface area (Å²) in [5.41, 5.74) is 2.16. The lowest BCUT2D eigenvalue weighted by molar-refractivity contribution is -0.137. The van der Waals surface area contributed by atoms with E-state index in [0.29, 0.717) is 6.61 Å². The number of rotatable bonds is 7. The van der Waals surface area contributed by atoms with Crippen LogP contribution in [0.25, 0.3) is 6.08 Å². The van der Waals surface area contributed by atoms with Crippen LogP contribution < -0.4 is 0 Å². The van der Waals surface area contributed by atoms with E-state index in [2.05, 4.69) is 6.58 Å². The van der Waals surface area contributed by atoms with Gasteiger partial charge in [-0.15, -0.1) is 0 Å². The van der Waals surface area contributed by atoms with Crippen molar-refractivity contribution in [3.05, 3.63) is 78.4 Å². The molecule has 0 heterocycles. The van der Waals surface area contributed by atoms with Crippen LogP contribution >= 0.6 is 0 Å². The van der Waals surface area contributed by atoms with Gasteiger partial charge < -0.3 is 4.74 Å². The molecule has 0 unspecified atom stereocenters. The van der Waals surface area contributed by atoms with Crippen LogP contribution in [0, 0.1) is 0 Å². The van der Waals surface area contributed by atoms with Crippen LogP contribution in [0.4, 0.5) is 0 Å². The minimum Gasteiger partial charge on any atom is -0.463 e. The highest BCUT2D eigenvalue weighted by Crippen LogP contribution is 2.07. The van der Waals surface area contributed by atoms with Gasteiger partial charge in [0.1, 0.15) is 0 Å². The monoisotopic (exact) mass is 268 g/mol. The van der Waals surface area contributed by atoms with Crippen molar-refractivity contribution in [2.45, 2.75) is 13.3 Å². The number of allylic oxidation sites excluding steroid dienone is 5. The summed E-state index contributed by atoms with van der Waals surface area (Å²) in [6, 6.07) is 10.1. The third-order valence-electron chi connectivity index (χ3n) is 2.46. The molecule has 0 atom stereocenters. The molecule has 0 bridgehead atoms. The predicted octanol–water partition coefficient (Wildman–Crippen LogP) is 4.32. The molecule has 0 saturated carbocycles. The van der Waals surface area contributed by atoms with Crippen molar-refractivity contribution in [2.24, 2.45) is 0 Å². The molecule has 0 fully saturated rings. The smallest absolute Gasteiger partial charge is 0.330 e. The summed E-state index contributed by atoms with van der Waals surface area (Å²) in [7, 11) is 0. The van der Waals surface area contributed by atoms with Crippen molar-refractivity contribution in [2.75, 3.05) is 6.61 Å². The van der Waals surface area contributed by atoms with Gasteiger partial charge in [0.15, 0.2) is 0 Å². The third kappa shape index (κ3) is 7.17. The fourth-order valence-electron chi connectivity index (χ4n) is 1.47. The maximum Gasteiger partial charge on any atom is 0.330 e. The highest BCUT2D eigenvalue weighted by atomic mass is 16.5. The molecule has 0 saturated heterocycles. The zero-order valence-corrected chi connectivity index (χ0v) is 11.8. The Morgan fingerprint density at radius 2 is 1.95 bits per heavy atom. The maximum atomic E-state index is 11.0. The molecular weight excluding hydrogens is 248 g/mol. The molecule has 104 valence electrons. The van der Waals surface area contributed by atoms with Gasteiger partial charge in [-0.05, 0) is 18.9 Å². The van der Waals surface area contributed by atoms with Gasteiger partial charge in [0.05, 0.1) is 6.61 Å². The average Bonchev–Trinajstić information content (AvgIpc) is 2.46. The molecule has 0 radical (unpaired) electrons. The second-order valence-corrected chi connectivity index (χ2v) is 4.15. The average molecular weight is 268 g/mol. The zero-order chi connectivity index (χ0) is 14.6. The number of ether oxygens (including phenoxy) is 1. The number of hydrogen-bond donors (Lipinski definition) is 0. The van der Waals surface area contributed by atoms with Gasteiger partial charge in [0, 0.05) is 6.08 Å². The first kappa shape index (κ1) is 15.7. The molecule has 20 heavy (non-hydrogen) atoms. The summed E-state index contributed by atoms with van der Waals surface area (Å²) in [4.78, 5) is 11.0. The number of esters is 1. The normalized spacial score (nSPS) is 11.4. The van der Waals surface area contributed by atoms with Crippen LogP contribution in [0.3, 0.4) is 0 Å². The fraction of sp³-hybridized carbons (Fsp3) is 0.167. The van der Waals surface area contributed by atoms with Gasteiger partial charge in [0.25, 0.3) is 0 Å². The molecule has 0 aliphatic heterocycles. The molecule has 1 aromatic rings. The maximum absolute atomic E-state index is 11.0. The number of benzene rings is 1. The summed E-state index contributed by atoms with van der Waals surface area (Å²) in [5.74, 6) is -0.319. The van der Waals surface area contributed by atoms with Crippen LogP contribution in [0.2, 0.25) is 0 Å². The summed E-state index contributed by atoms with van der Waals surface area (Å²) in [6.07, 6.45) is 11.6. The van der Waals surface area contributed by atoms with Crippen molar-refractivity contribution in [1.29, 1.82) is 0 Å². The Bertz CT molecular complexity index is 507. The molecule has 0 amide bonds. The largest absolute Gasteiger partial charge is 0.463 e. The van der Waals surface area contributed by atoms with Crippen molar-refractivity contribution in [3.8, 4) is 0 Å². The topological polar surface area (TPSA) is 26.3 Å². The van der Waals surface area contributed by atoms with Gasteiger partial charge in [-0.1, -0.05) is 72.9 Å². The van der Waals surface area contributed by atoms with Crippen molar-refractivity contribution in [3.63, 3.8) is 0 Å². The van der Waals surface area contributed by atoms with Crippen molar-refractivity contribution in [1.82, 2.24) is 0 Å². The van der Waals surface area contributed by atoms with E-state index in [-0.39, 0.29) is 5.97 Å². The van der Waals surface area contributed by atoms with E-state index in [4.69, 9.17) is 4.74 Å². The zero-order valence-electron chi connectivity index (χ0n) is 11.8. The highest BCUT2D eigenvalue weighted by molar-refractivity contribution is 5.82. The van der Waals surface area contributed by atoms with E-state index in [0.717, 1.165) is 17.6 Å². The molecule has 1 aromatic carbocycles. The lowest BCUT2D eigenvalue weighted by Crippen LogP contribution is -1.98. The molecule has 2 nitrogen and oxygen atoms in total. The van der Waals surface area contributed by atoms with Crippen LogP contribution in [0.1, 0.15) is 18.9 Å². The first-order chi connectivity index (χ1) is 9.72.